The van der Waals surface area contributed by atoms with Crippen molar-refractivity contribution in [1.29, 1.82) is 0 Å². The second-order valence-electron chi connectivity index (χ2n) is 4.50. The Morgan fingerprint density at radius 3 is 2.75 bits per heavy atom. The molecular weight excluding hydrogens is 264 g/mol. The van der Waals surface area contributed by atoms with Gasteiger partial charge in [0.25, 0.3) is 0 Å². The SMILES string of the molecule is CC(CN(C)C)NCCc1cccc(Br)c1. The van der Waals surface area contributed by atoms with Gasteiger partial charge in [0, 0.05) is 17.1 Å². The van der Waals surface area contributed by atoms with Crippen molar-refractivity contribution < 1.29 is 0 Å². The molecule has 0 heterocycles. The van der Waals surface area contributed by atoms with Gasteiger partial charge in [0.1, 0.15) is 0 Å². The summed E-state index contributed by atoms with van der Waals surface area (Å²) >= 11 is 3.49. The average molecular weight is 285 g/mol. The van der Waals surface area contributed by atoms with Gasteiger partial charge in [-0.15, -0.1) is 0 Å². The number of likely N-dealkylation sites (N-methyl/N-ethyl adjacent to an activating group) is 1. The fourth-order valence-electron chi connectivity index (χ4n) is 1.77. The third kappa shape index (κ3) is 5.64. The van der Waals surface area contributed by atoms with Crippen LogP contribution in [0.5, 0.6) is 0 Å². The Labute approximate surface area is 107 Å². The Kier molecular flexibility index (Phi) is 6.03. The molecule has 16 heavy (non-hydrogen) atoms. The van der Waals surface area contributed by atoms with Crippen molar-refractivity contribution in [2.45, 2.75) is 19.4 Å². The van der Waals surface area contributed by atoms with Crippen LogP contribution in [0.15, 0.2) is 28.7 Å². The fourth-order valence-corrected chi connectivity index (χ4v) is 2.21. The molecule has 90 valence electrons. The number of benzene rings is 1. The molecule has 2 nitrogen and oxygen atoms in total. The number of halogens is 1. The Bertz CT molecular complexity index is 313. The van der Waals surface area contributed by atoms with Crippen LogP contribution in [-0.2, 0) is 6.42 Å². The minimum atomic E-state index is 0.544. The third-order valence-corrected chi connectivity index (χ3v) is 2.93. The van der Waals surface area contributed by atoms with Gasteiger partial charge in [-0.05, 0) is 51.7 Å². The average Bonchev–Trinajstić information content (AvgIpc) is 2.16. The molecule has 0 saturated heterocycles. The Balaban J connectivity index is 2.25. The largest absolute Gasteiger partial charge is 0.313 e. The minimum Gasteiger partial charge on any atom is -0.313 e. The van der Waals surface area contributed by atoms with Crippen molar-refractivity contribution in [3.05, 3.63) is 34.3 Å². The maximum Gasteiger partial charge on any atom is 0.0178 e. The molecule has 3 heteroatoms. The summed E-state index contributed by atoms with van der Waals surface area (Å²) < 4.78 is 1.16. The molecule has 1 atom stereocenters. The molecule has 0 bridgehead atoms. The van der Waals surface area contributed by atoms with Crippen molar-refractivity contribution in [1.82, 2.24) is 10.2 Å². The van der Waals surface area contributed by atoms with E-state index in [1.807, 2.05) is 0 Å². The molecular formula is C13H21BrN2. The Morgan fingerprint density at radius 2 is 2.12 bits per heavy atom. The second-order valence-corrected chi connectivity index (χ2v) is 5.41. The molecule has 0 amide bonds. The van der Waals surface area contributed by atoms with Crippen LogP contribution in [0.1, 0.15) is 12.5 Å². The summed E-state index contributed by atoms with van der Waals surface area (Å²) in [6.45, 7) is 4.34. The van der Waals surface area contributed by atoms with Crippen LogP contribution in [0, 0.1) is 0 Å². The van der Waals surface area contributed by atoms with E-state index in [2.05, 4.69) is 71.4 Å². The van der Waals surface area contributed by atoms with Crippen molar-refractivity contribution >= 4 is 15.9 Å². The zero-order valence-electron chi connectivity index (χ0n) is 10.3. The highest BCUT2D eigenvalue weighted by molar-refractivity contribution is 9.10. The van der Waals surface area contributed by atoms with Crippen LogP contribution in [0.4, 0.5) is 0 Å². The lowest BCUT2D eigenvalue weighted by Gasteiger charge is -2.18. The van der Waals surface area contributed by atoms with E-state index < -0.39 is 0 Å². The summed E-state index contributed by atoms with van der Waals surface area (Å²) in [5.74, 6) is 0. The van der Waals surface area contributed by atoms with E-state index in [0.29, 0.717) is 6.04 Å². The van der Waals surface area contributed by atoms with Gasteiger partial charge < -0.3 is 10.2 Å². The summed E-state index contributed by atoms with van der Waals surface area (Å²) in [6, 6.07) is 9.04. The van der Waals surface area contributed by atoms with Gasteiger partial charge >= 0.3 is 0 Å². The first-order valence-corrected chi connectivity index (χ1v) is 6.50. The maximum atomic E-state index is 3.52. The van der Waals surface area contributed by atoms with E-state index in [9.17, 15) is 0 Å². The van der Waals surface area contributed by atoms with Crippen LogP contribution in [0.2, 0.25) is 0 Å². The van der Waals surface area contributed by atoms with Crippen molar-refractivity contribution in [2.75, 3.05) is 27.2 Å². The topological polar surface area (TPSA) is 15.3 Å². The van der Waals surface area contributed by atoms with Crippen molar-refractivity contribution in [3.8, 4) is 0 Å². The van der Waals surface area contributed by atoms with Gasteiger partial charge in [-0.1, -0.05) is 28.1 Å². The molecule has 0 aliphatic heterocycles. The fraction of sp³-hybridized carbons (Fsp3) is 0.538. The first-order valence-electron chi connectivity index (χ1n) is 5.70. The summed E-state index contributed by atoms with van der Waals surface area (Å²) in [7, 11) is 4.21. The van der Waals surface area contributed by atoms with E-state index in [1.54, 1.807) is 0 Å². The Morgan fingerprint density at radius 1 is 1.38 bits per heavy atom. The third-order valence-electron chi connectivity index (χ3n) is 2.43. The zero-order valence-corrected chi connectivity index (χ0v) is 11.9. The molecule has 0 saturated carbocycles. The van der Waals surface area contributed by atoms with Gasteiger partial charge in [-0.3, -0.25) is 0 Å². The number of hydrogen-bond acceptors (Lipinski definition) is 2. The molecule has 0 aromatic heterocycles. The predicted molar refractivity (Wildman–Crippen MR) is 73.9 cm³/mol. The van der Waals surface area contributed by atoms with Gasteiger partial charge in [0.05, 0.1) is 0 Å². The van der Waals surface area contributed by atoms with E-state index in [1.165, 1.54) is 5.56 Å². The van der Waals surface area contributed by atoms with Gasteiger partial charge in [0.15, 0.2) is 0 Å². The number of rotatable bonds is 6. The number of nitrogens with zero attached hydrogens (tertiary/aromatic N) is 1. The van der Waals surface area contributed by atoms with Crippen LogP contribution in [0.25, 0.3) is 0 Å². The smallest absolute Gasteiger partial charge is 0.0178 e. The second kappa shape index (κ2) is 7.05. The maximum absolute atomic E-state index is 3.52. The summed E-state index contributed by atoms with van der Waals surface area (Å²) in [5, 5.41) is 3.52. The molecule has 0 fully saturated rings. The summed E-state index contributed by atoms with van der Waals surface area (Å²) in [4.78, 5) is 2.21. The molecule has 0 aliphatic rings. The molecule has 0 aliphatic carbocycles. The van der Waals surface area contributed by atoms with Crippen LogP contribution in [0.3, 0.4) is 0 Å². The monoisotopic (exact) mass is 284 g/mol. The molecule has 1 aromatic carbocycles. The number of hydrogen-bond donors (Lipinski definition) is 1. The summed E-state index contributed by atoms with van der Waals surface area (Å²) in [6.07, 6.45) is 1.08. The molecule has 1 unspecified atom stereocenters. The molecule has 0 radical (unpaired) electrons. The van der Waals surface area contributed by atoms with Crippen LogP contribution in [-0.4, -0.2) is 38.1 Å². The normalized spacial score (nSPS) is 13.1. The highest BCUT2D eigenvalue weighted by Crippen LogP contribution is 2.11. The molecule has 1 rings (SSSR count). The van der Waals surface area contributed by atoms with E-state index in [0.717, 1.165) is 24.0 Å². The zero-order chi connectivity index (χ0) is 12.0. The van der Waals surface area contributed by atoms with E-state index in [4.69, 9.17) is 0 Å². The lowest BCUT2D eigenvalue weighted by atomic mass is 10.1. The lowest BCUT2D eigenvalue weighted by molar-refractivity contribution is 0.351. The summed E-state index contributed by atoms with van der Waals surface area (Å²) in [5.41, 5.74) is 1.37. The first kappa shape index (κ1) is 13.7. The first-order chi connectivity index (χ1) is 7.58. The lowest BCUT2D eigenvalue weighted by Crippen LogP contribution is -2.36. The van der Waals surface area contributed by atoms with Crippen molar-refractivity contribution in [2.24, 2.45) is 0 Å². The highest BCUT2D eigenvalue weighted by atomic mass is 79.9. The predicted octanol–water partition coefficient (Wildman–Crippen LogP) is 2.53. The highest BCUT2D eigenvalue weighted by Gasteiger charge is 2.02. The van der Waals surface area contributed by atoms with Gasteiger partial charge in [0.2, 0.25) is 0 Å². The standard InChI is InChI=1S/C13H21BrN2/c1-11(10-16(2)3)15-8-7-12-5-4-6-13(14)9-12/h4-6,9,11,15H,7-8,10H2,1-3H3. The molecule has 1 aromatic rings. The van der Waals surface area contributed by atoms with E-state index in [-0.39, 0.29) is 0 Å². The van der Waals surface area contributed by atoms with Crippen molar-refractivity contribution in [3.63, 3.8) is 0 Å². The molecule has 0 spiro atoms. The quantitative estimate of drug-likeness (QED) is 0.864. The number of nitrogens with one attached hydrogen (secondary N) is 1. The van der Waals surface area contributed by atoms with Gasteiger partial charge in [-0.2, -0.15) is 0 Å². The van der Waals surface area contributed by atoms with Gasteiger partial charge in [-0.25, -0.2) is 0 Å². The molecule has 1 N–H and O–H groups in total. The Hall–Kier alpha value is -0.380. The van der Waals surface area contributed by atoms with Crippen LogP contribution >= 0.6 is 15.9 Å². The van der Waals surface area contributed by atoms with E-state index >= 15 is 0 Å². The van der Waals surface area contributed by atoms with Crippen LogP contribution < -0.4 is 5.32 Å². The minimum absolute atomic E-state index is 0.544.